The first kappa shape index (κ1) is 15.6. The molecule has 0 aliphatic heterocycles. The average molecular weight is 327 g/mol. The van der Waals surface area contributed by atoms with E-state index in [0.717, 1.165) is 12.8 Å². The number of fused-ring (bicyclic) bond motifs is 1. The summed E-state index contributed by atoms with van der Waals surface area (Å²) in [5, 5.41) is 14.0. The van der Waals surface area contributed by atoms with E-state index < -0.39 is 5.60 Å². The van der Waals surface area contributed by atoms with E-state index in [-0.39, 0.29) is 11.9 Å². The number of aliphatic hydroxyl groups is 1. The molecule has 0 heterocycles. The fraction of sp³-hybridized carbons (Fsp3) is 0.400. The Morgan fingerprint density at radius 3 is 2.46 bits per heavy atom. The summed E-state index contributed by atoms with van der Waals surface area (Å²) in [5.74, 6) is 0.0439. The summed E-state index contributed by atoms with van der Waals surface area (Å²) < 4.78 is 20.0. The molecule has 0 spiro atoms. The van der Waals surface area contributed by atoms with Gasteiger partial charge in [0.25, 0.3) is 0 Å². The first-order valence-corrected chi connectivity index (χ1v) is 8.57. The van der Waals surface area contributed by atoms with Crippen molar-refractivity contribution < 1.29 is 14.2 Å². The highest BCUT2D eigenvalue weighted by Gasteiger charge is 2.34. The lowest BCUT2D eigenvalue weighted by atomic mass is 10.0. The van der Waals surface area contributed by atoms with Crippen molar-refractivity contribution in [1.82, 2.24) is 5.32 Å². The Kier molecular flexibility index (Phi) is 4.02. The number of hydrogen-bond acceptors (Lipinski definition) is 3. The maximum atomic E-state index is 14.4. The van der Waals surface area contributed by atoms with Gasteiger partial charge in [-0.3, -0.25) is 0 Å². The minimum Gasteiger partial charge on any atom is -0.487 e. The Morgan fingerprint density at radius 1 is 1.08 bits per heavy atom. The normalized spacial score (nSPS) is 18.4. The van der Waals surface area contributed by atoms with Gasteiger partial charge in [0.1, 0.15) is 0 Å². The molecule has 0 saturated heterocycles. The highest BCUT2D eigenvalue weighted by molar-refractivity contribution is 5.35. The van der Waals surface area contributed by atoms with Crippen molar-refractivity contribution in [3.05, 3.63) is 65.0 Å². The highest BCUT2D eigenvalue weighted by atomic mass is 19.1. The second kappa shape index (κ2) is 6.19. The fourth-order valence-electron chi connectivity index (χ4n) is 3.38. The van der Waals surface area contributed by atoms with Crippen LogP contribution in [0.25, 0.3) is 0 Å². The van der Waals surface area contributed by atoms with Crippen molar-refractivity contribution >= 4 is 0 Å². The van der Waals surface area contributed by atoms with Crippen LogP contribution < -0.4 is 10.1 Å². The van der Waals surface area contributed by atoms with E-state index in [1.165, 1.54) is 11.1 Å². The molecular weight excluding hydrogens is 305 g/mol. The van der Waals surface area contributed by atoms with Gasteiger partial charge >= 0.3 is 0 Å². The third-order valence-corrected chi connectivity index (χ3v) is 4.79. The molecule has 126 valence electrons. The van der Waals surface area contributed by atoms with E-state index in [2.05, 4.69) is 17.4 Å². The Balaban J connectivity index is 1.36. The first-order chi connectivity index (χ1) is 11.6. The third-order valence-electron chi connectivity index (χ3n) is 4.79. The lowest BCUT2D eigenvalue weighted by Crippen LogP contribution is -2.41. The van der Waals surface area contributed by atoms with E-state index in [1.54, 1.807) is 12.1 Å². The number of ether oxygens (including phenoxy) is 1. The molecule has 2 aromatic rings. The van der Waals surface area contributed by atoms with Crippen LogP contribution >= 0.6 is 0 Å². The summed E-state index contributed by atoms with van der Waals surface area (Å²) in [6.07, 6.45) is 3.48. The van der Waals surface area contributed by atoms with Gasteiger partial charge in [-0.1, -0.05) is 36.4 Å². The van der Waals surface area contributed by atoms with Gasteiger partial charge in [-0.25, -0.2) is 4.39 Å². The molecule has 0 atom stereocenters. The molecule has 2 aliphatic carbocycles. The van der Waals surface area contributed by atoms with E-state index in [4.69, 9.17) is 4.74 Å². The Morgan fingerprint density at radius 2 is 1.79 bits per heavy atom. The summed E-state index contributed by atoms with van der Waals surface area (Å²) in [5.41, 5.74) is 2.19. The van der Waals surface area contributed by atoms with Crippen LogP contribution in [-0.2, 0) is 19.4 Å². The predicted octanol–water partition coefficient (Wildman–Crippen LogP) is 2.99. The number of halogens is 1. The minimum atomic E-state index is -0.789. The molecule has 1 saturated carbocycles. The van der Waals surface area contributed by atoms with Gasteiger partial charge in [-0.2, -0.15) is 0 Å². The predicted molar refractivity (Wildman–Crippen MR) is 90.6 cm³/mol. The van der Waals surface area contributed by atoms with Crippen LogP contribution in [0.4, 0.5) is 4.39 Å². The summed E-state index contributed by atoms with van der Waals surface area (Å²) in [7, 11) is 0. The standard InChI is InChI=1S/C20H22FNO2/c21-19-16(6-3-7-18(19)24-17-8-9-17)12-22-13-20(23)10-14-4-1-2-5-15(14)11-20/h1-7,17,22-23H,8-13H2. The molecule has 2 N–H and O–H groups in total. The Bertz CT molecular complexity index is 717. The van der Waals surface area contributed by atoms with Crippen molar-refractivity contribution in [1.29, 1.82) is 0 Å². The van der Waals surface area contributed by atoms with Crippen LogP contribution in [0.1, 0.15) is 29.5 Å². The van der Waals surface area contributed by atoms with E-state index in [1.807, 2.05) is 18.2 Å². The van der Waals surface area contributed by atoms with Crippen LogP contribution in [0.15, 0.2) is 42.5 Å². The number of hydrogen-bond donors (Lipinski definition) is 2. The van der Waals surface area contributed by atoms with Crippen molar-refractivity contribution in [3.8, 4) is 5.75 Å². The molecule has 2 aromatic carbocycles. The summed E-state index contributed by atoms with van der Waals surface area (Å²) in [6.45, 7) is 0.821. The summed E-state index contributed by atoms with van der Waals surface area (Å²) in [6, 6.07) is 13.4. The van der Waals surface area contributed by atoms with Crippen LogP contribution in [0.5, 0.6) is 5.75 Å². The molecule has 4 heteroatoms. The molecule has 2 aliphatic rings. The number of nitrogens with one attached hydrogen (secondary N) is 1. The molecular formula is C20H22FNO2. The maximum absolute atomic E-state index is 14.4. The number of rotatable bonds is 6. The zero-order valence-corrected chi connectivity index (χ0v) is 13.6. The summed E-state index contributed by atoms with van der Waals surface area (Å²) >= 11 is 0. The van der Waals surface area contributed by atoms with E-state index in [0.29, 0.717) is 37.2 Å². The molecule has 4 rings (SSSR count). The molecule has 24 heavy (non-hydrogen) atoms. The smallest absolute Gasteiger partial charge is 0.169 e. The molecule has 0 aromatic heterocycles. The van der Waals surface area contributed by atoms with Gasteiger partial charge in [-0.15, -0.1) is 0 Å². The zero-order valence-electron chi connectivity index (χ0n) is 13.6. The highest BCUT2D eigenvalue weighted by Crippen LogP contribution is 2.31. The monoisotopic (exact) mass is 327 g/mol. The quantitative estimate of drug-likeness (QED) is 0.857. The zero-order chi connectivity index (χ0) is 16.6. The lowest BCUT2D eigenvalue weighted by molar-refractivity contribution is 0.0509. The van der Waals surface area contributed by atoms with Crippen molar-refractivity contribution in [2.75, 3.05) is 6.54 Å². The SMILES string of the molecule is OC1(CNCc2cccc(OC3CC3)c2F)Cc2ccccc2C1. The average Bonchev–Trinajstić information content (AvgIpc) is 3.30. The summed E-state index contributed by atoms with van der Waals surface area (Å²) in [4.78, 5) is 0. The van der Waals surface area contributed by atoms with E-state index >= 15 is 0 Å². The molecule has 0 radical (unpaired) electrons. The van der Waals surface area contributed by atoms with Crippen molar-refractivity contribution in [2.24, 2.45) is 0 Å². The first-order valence-electron chi connectivity index (χ1n) is 8.57. The van der Waals surface area contributed by atoms with Crippen LogP contribution in [0.3, 0.4) is 0 Å². The van der Waals surface area contributed by atoms with Gasteiger partial charge in [0.05, 0.1) is 11.7 Å². The van der Waals surface area contributed by atoms with Crippen molar-refractivity contribution in [2.45, 2.75) is 43.9 Å². The van der Waals surface area contributed by atoms with E-state index in [9.17, 15) is 9.50 Å². The maximum Gasteiger partial charge on any atom is 0.169 e. The van der Waals surface area contributed by atoms with Crippen molar-refractivity contribution in [3.63, 3.8) is 0 Å². The minimum absolute atomic E-state index is 0.181. The molecule has 0 bridgehead atoms. The molecule has 1 fully saturated rings. The molecule has 0 unspecified atom stereocenters. The third kappa shape index (κ3) is 3.30. The second-order valence-electron chi connectivity index (χ2n) is 7.00. The second-order valence-corrected chi connectivity index (χ2v) is 7.00. The Labute approximate surface area is 141 Å². The number of benzene rings is 2. The van der Waals surface area contributed by atoms with Crippen LogP contribution in [-0.4, -0.2) is 23.4 Å². The molecule has 0 amide bonds. The van der Waals surface area contributed by atoms with Gasteiger partial charge in [-0.05, 0) is 30.0 Å². The Hall–Kier alpha value is -1.91. The fourth-order valence-corrected chi connectivity index (χ4v) is 3.38. The van der Waals surface area contributed by atoms with Gasteiger partial charge in [0.2, 0.25) is 0 Å². The van der Waals surface area contributed by atoms with Gasteiger partial charge in [0.15, 0.2) is 11.6 Å². The van der Waals surface area contributed by atoms with Gasteiger partial charge in [0, 0.05) is 31.5 Å². The van der Waals surface area contributed by atoms with Crippen LogP contribution in [0.2, 0.25) is 0 Å². The van der Waals surface area contributed by atoms with Gasteiger partial charge < -0.3 is 15.2 Å². The molecule has 3 nitrogen and oxygen atoms in total. The topological polar surface area (TPSA) is 41.5 Å². The largest absolute Gasteiger partial charge is 0.487 e. The lowest BCUT2D eigenvalue weighted by Gasteiger charge is -2.23. The van der Waals surface area contributed by atoms with Crippen LogP contribution in [0, 0.1) is 5.82 Å².